The van der Waals surface area contributed by atoms with Crippen molar-refractivity contribution in [2.75, 3.05) is 0 Å². The zero-order valence-corrected chi connectivity index (χ0v) is 10.7. The highest BCUT2D eigenvalue weighted by Gasteiger charge is 2.11. The first kappa shape index (κ1) is 13.7. The lowest BCUT2D eigenvalue weighted by atomic mass is 9.98. The molecule has 0 aromatic heterocycles. The average molecular weight is 262 g/mol. The normalized spacial score (nSPS) is 12.4. The van der Waals surface area contributed by atoms with E-state index in [2.05, 4.69) is 0 Å². The van der Waals surface area contributed by atoms with Crippen LogP contribution in [0.4, 0.5) is 8.78 Å². The van der Waals surface area contributed by atoms with Gasteiger partial charge in [-0.3, -0.25) is 0 Å². The van der Waals surface area contributed by atoms with Gasteiger partial charge in [0.2, 0.25) is 0 Å². The van der Waals surface area contributed by atoms with Gasteiger partial charge in [0.1, 0.15) is 11.6 Å². The van der Waals surface area contributed by atoms with Crippen LogP contribution in [-0.2, 0) is 6.42 Å². The van der Waals surface area contributed by atoms with Crippen LogP contribution in [0, 0.1) is 18.6 Å². The first-order valence-electron chi connectivity index (χ1n) is 6.25. The molecule has 0 heterocycles. The molecular formula is C16H16F2O. The van der Waals surface area contributed by atoms with Crippen molar-refractivity contribution in [2.24, 2.45) is 0 Å². The highest BCUT2D eigenvalue weighted by atomic mass is 19.1. The summed E-state index contributed by atoms with van der Waals surface area (Å²) < 4.78 is 26.1. The molecule has 0 amide bonds. The second kappa shape index (κ2) is 5.93. The monoisotopic (exact) mass is 262 g/mol. The van der Waals surface area contributed by atoms with Crippen molar-refractivity contribution in [2.45, 2.75) is 25.9 Å². The van der Waals surface area contributed by atoms with Gasteiger partial charge in [0, 0.05) is 6.07 Å². The summed E-state index contributed by atoms with van der Waals surface area (Å²) in [5, 5.41) is 9.99. The molecule has 2 rings (SSSR count). The Morgan fingerprint density at radius 2 is 1.68 bits per heavy atom. The van der Waals surface area contributed by atoms with Gasteiger partial charge in [0.15, 0.2) is 0 Å². The van der Waals surface area contributed by atoms with Gasteiger partial charge in [-0.25, -0.2) is 8.78 Å². The first-order chi connectivity index (χ1) is 9.06. The molecule has 1 nitrogen and oxygen atoms in total. The Bertz CT molecular complexity index is 546. The van der Waals surface area contributed by atoms with Crippen LogP contribution in [0.1, 0.15) is 29.2 Å². The summed E-state index contributed by atoms with van der Waals surface area (Å²) in [5.74, 6) is -1.32. The Labute approximate surface area is 111 Å². The molecule has 0 spiro atoms. The predicted molar refractivity (Wildman–Crippen MR) is 70.8 cm³/mol. The van der Waals surface area contributed by atoms with E-state index in [1.165, 1.54) is 12.1 Å². The zero-order chi connectivity index (χ0) is 13.8. The molecule has 0 fully saturated rings. The third kappa shape index (κ3) is 3.61. The highest BCUT2D eigenvalue weighted by Crippen LogP contribution is 2.22. The average Bonchev–Trinajstić information content (AvgIpc) is 2.36. The van der Waals surface area contributed by atoms with Crippen molar-refractivity contribution >= 4 is 0 Å². The minimum Gasteiger partial charge on any atom is -0.388 e. The van der Waals surface area contributed by atoms with Crippen molar-refractivity contribution in [3.05, 3.63) is 70.8 Å². The SMILES string of the molecule is Cc1ccccc1CCC(O)c1cc(F)cc(F)c1. The third-order valence-corrected chi connectivity index (χ3v) is 3.22. The predicted octanol–water partition coefficient (Wildman–Crippen LogP) is 3.94. The van der Waals surface area contributed by atoms with Gasteiger partial charge >= 0.3 is 0 Å². The summed E-state index contributed by atoms with van der Waals surface area (Å²) in [6, 6.07) is 11.0. The van der Waals surface area contributed by atoms with Crippen LogP contribution in [0.5, 0.6) is 0 Å². The van der Waals surface area contributed by atoms with Crippen LogP contribution in [0.15, 0.2) is 42.5 Å². The summed E-state index contributed by atoms with van der Waals surface area (Å²) in [5.41, 5.74) is 2.57. The molecule has 0 saturated heterocycles. The molecule has 0 bridgehead atoms. The van der Waals surface area contributed by atoms with Gasteiger partial charge in [-0.05, 0) is 48.6 Å². The molecule has 3 heteroatoms. The molecule has 0 radical (unpaired) electrons. The maximum absolute atomic E-state index is 13.1. The summed E-state index contributed by atoms with van der Waals surface area (Å²) >= 11 is 0. The number of rotatable bonds is 4. The number of aliphatic hydroxyl groups is 1. The van der Waals surface area contributed by atoms with Crippen molar-refractivity contribution < 1.29 is 13.9 Å². The van der Waals surface area contributed by atoms with E-state index in [-0.39, 0.29) is 5.56 Å². The lowest BCUT2D eigenvalue weighted by Crippen LogP contribution is -2.02. The molecule has 2 aromatic rings. The largest absolute Gasteiger partial charge is 0.388 e. The fourth-order valence-electron chi connectivity index (χ4n) is 2.12. The molecule has 1 unspecified atom stereocenters. The zero-order valence-electron chi connectivity index (χ0n) is 10.7. The quantitative estimate of drug-likeness (QED) is 0.884. The van der Waals surface area contributed by atoms with Crippen molar-refractivity contribution in [1.82, 2.24) is 0 Å². The van der Waals surface area contributed by atoms with Gasteiger partial charge < -0.3 is 5.11 Å². The molecule has 19 heavy (non-hydrogen) atoms. The summed E-state index contributed by atoms with van der Waals surface area (Å²) in [6.07, 6.45) is 0.254. The number of hydrogen-bond acceptors (Lipinski definition) is 1. The van der Waals surface area contributed by atoms with Crippen molar-refractivity contribution in [3.8, 4) is 0 Å². The third-order valence-electron chi connectivity index (χ3n) is 3.22. The molecule has 0 aliphatic rings. The van der Waals surface area contributed by atoms with E-state index < -0.39 is 17.7 Å². The molecule has 1 N–H and O–H groups in total. The summed E-state index contributed by atoms with van der Waals surface area (Å²) in [7, 11) is 0. The Morgan fingerprint density at radius 1 is 1.05 bits per heavy atom. The fourth-order valence-corrected chi connectivity index (χ4v) is 2.12. The Hall–Kier alpha value is -1.74. The minimum atomic E-state index is -0.857. The van der Waals surface area contributed by atoms with E-state index in [9.17, 15) is 13.9 Å². The van der Waals surface area contributed by atoms with Crippen LogP contribution in [-0.4, -0.2) is 5.11 Å². The summed E-state index contributed by atoms with van der Waals surface area (Å²) in [4.78, 5) is 0. The molecule has 1 atom stereocenters. The molecule has 0 aliphatic heterocycles. The van der Waals surface area contributed by atoms with Crippen LogP contribution in [0.2, 0.25) is 0 Å². The topological polar surface area (TPSA) is 20.2 Å². The van der Waals surface area contributed by atoms with Gasteiger partial charge in [-0.2, -0.15) is 0 Å². The Kier molecular flexibility index (Phi) is 4.27. The van der Waals surface area contributed by atoms with E-state index in [1.807, 2.05) is 31.2 Å². The fraction of sp³-hybridized carbons (Fsp3) is 0.250. The number of halogens is 2. The second-order valence-electron chi connectivity index (χ2n) is 4.68. The molecular weight excluding hydrogens is 246 g/mol. The number of hydrogen-bond donors (Lipinski definition) is 1. The Balaban J connectivity index is 2.05. The van der Waals surface area contributed by atoms with Gasteiger partial charge in [0.05, 0.1) is 6.10 Å². The number of aliphatic hydroxyl groups excluding tert-OH is 1. The molecule has 100 valence electrons. The first-order valence-corrected chi connectivity index (χ1v) is 6.25. The van der Waals surface area contributed by atoms with E-state index >= 15 is 0 Å². The maximum atomic E-state index is 13.1. The maximum Gasteiger partial charge on any atom is 0.126 e. The van der Waals surface area contributed by atoms with E-state index in [0.717, 1.165) is 17.2 Å². The van der Waals surface area contributed by atoms with E-state index in [4.69, 9.17) is 0 Å². The molecule has 0 aliphatic carbocycles. The van der Waals surface area contributed by atoms with Gasteiger partial charge in [-0.15, -0.1) is 0 Å². The molecule has 2 aromatic carbocycles. The molecule has 0 saturated carbocycles. The second-order valence-corrected chi connectivity index (χ2v) is 4.68. The van der Waals surface area contributed by atoms with Crippen LogP contribution >= 0.6 is 0 Å². The van der Waals surface area contributed by atoms with E-state index in [1.54, 1.807) is 0 Å². The standard InChI is InChI=1S/C16H16F2O/c1-11-4-2-3-5-12(11)6-7-16(19)13-8-14(17)10-15(18)9-13/h2-5,8-10,16,19H,6-7H2,1H3. The number of aryl methyl sites for hydroxylation is 2. The lowest BCUT2D eigenvalue weighted by molar-refractivity contribution is 0.167. The van der Waals surface area contributed by atoms with Crippen molar-refractivity contribution in [1.29, 1.82) is 0 Å². The Morgan fingerprint density at radius 3 is 2.32 bits per heavy atom. The highest BCUT2D eigenvalue weighted by molar-refractivity contribution is 5.26. The van der Waals surface area contributed by atoms with E-state index in [0.29, 0.717) is 12.8 Å². The van der Waals surface area contributed by atoms with Crippen molar-refractivity contribution in [3.63, 3.8) is 0 Å². The van der Waals surface area contributed by atoms with Gasteiger partial charge in [-0.1, -0.05) is 24.3 Å². The van der Waals surface area contributed by atoms with Gasteiger partial charge in [0.25, 0.3) is 0 Å². The smallest absolute Gasteiger partial charge is 0.126 e. The lowest BCUT2D eigenvalue weighted by Gasteiger charge is -2.12. The number of benzene rings is 2. The van der Waals surface area contributed by atoms with Crippen LogP contribution in [0.25, 0.3) is 0 Å². The van der Waals surface area contributed by atoms with Crippen LogP contribution in [0.3, 0.4) is 0 Å². The van der Waals surface area contributed by atoms with Crippen LogP contribution < -0.4 is 0 Å². The summed E-state index contributed by atoms with van der Waals surface area (Å²) in [6.45, 7) is 2.00. The minimum absolute atomic E-state index is 0.283.